The first-order chi connectivity index (χ1) is 22.2. The second-order valence-electron chi connectivity index (χ2n) is 11.7. The quantitative estimate of drug-likeness (QED) is 0.180. The van der Waals surface area contributed by atoms with Crippen molar-refractivity contribution < 1.29 is 23.9 Å². The standard InChI is InChI=1S/C35H47N5O5S.2ClH/c1-26-13-15-29(31(24-26)45-22-8-4-5-12-33(41)40-20-18-38(2)19-21-40)39(3)34(42)25-27-14-16-32(46-27)37-35(43)28-10-6-7-11-30(28)44-23-9-17-36;;/h6-7,10-11,13-16,24H,4-5,8-9,12,17-23,25,36H2,1-3H3,(H,37,43);2*1H. The first-order valence-electron chi connectivity index (χ1n) is 16.0. The van der Waals surface area contributed by atoms with Gasteiger partial charge in [0.15, 0.2) is 0 Å². The highest BCUT2D eigenvalue weighted by Gasteiger charge is 2.20. The lowest BCUT2D eigenvalue weighted by Gasteiger charge is -2.32. The third-order valence-electron chi connectivity index (χ3n) is 7.96. The molecule has 2 heterocycles. The number of benzene rings is 2. The molecular formula is C35H49Cl2N5O5S. The van der Waals surface area contributed by atoms with E-state index in [1.165, 1.54) is 11.3 Å². The number of aryl methyl sites for hydroxylation is 1. The van der Waals surface area contributed by atoms with E-state index in [9.17, 15) is 14.4 Å². The SMILES string of the molecule is Cc1ccc(N(C)C(=O)Cc2ccc(NC(=O)c3ccccc3OCCCN)s2)c(OCCCCCC(=O)N2CCN(C)CC2)c1.Cl.Cl. The number of nitrogens with two attached hydrogens (primary N) is 1. The summed E-state index contributed by atoms with van der Waals surface area (Å²) in [6.07, 6.45) is 4.02. The summed E-state index contributed by atoms with van der Waals surface area (Å²) in [6, 6.07) is 16.6. The lowest BCUT2D eigenvalue weighted by atomic mass is 10.1. The van der Waals surface area contributed by atoms with Crippen molar-refractivity contribution in [3.63, 3.8) is 0 Å². The first kappa shape index (κ1) is 40.8. The average Bonchev–Trinajstić information content (AvgIpc) is 3.49. The zero-order chi connectivity index (χ0) is 32.9. The minimum atomic E-state index is -0.275. The number of amides is 3. The maximum absolute atomic E-state index is 13.3. The van der Waals surface area contributed by atoms with Gasteiger partial charge in [-0.15, -0.1) is 36.2 Å². The minimum absolute atomic E-state index is 0. The lowest BCUT2D eigenvalue weighted by Crippen LogP contribution is -2.47. The second-order valence-corrected chi connectivity index (χ2v) is 12.8. The molecule has 10 nitrogen and oxygen atoms in total. The van der Waals surface area contributed by atoms with Crippen molar-refractivity contribution >= 4 is 64.6 Å². The molecule has 3 N–H and O–H groups in total. The Hall–Kier alpha value is -3.35. The summed E-state index contributed by atoms with van der Waals surface area (Å²) in [5.74, 6) is 1.05. The van der Waals surface area contributed by atoms with Crippen LogP contribution in [0.1, 0.15) is 52.9 Å². The van der Waals surface area contributed by atoms with E-state index < -0.39 is 0 Å². The summed E-state index contributed by atoms with van der Waals surface area (Å²) in [7, 11) is 3.84. The molecule has 3 amide bonds. The van der Waals surface area contributed by atoms with Crippen LogP contribution in [0.2, 0.25) is 0 Å². The van der Waals surface area contributed by atoms with Crippen molar-refractivity contribution in [1.29, 1.82) is 0 Å². The third-order valence-corrected chi connectivity index (χ3v) is 8.96. The van der Waals surface area contributed by atoms with E-state index in [-0.39, 0.29) is 49.0 Å². The Morgan fingerprint density at radius 3 is 2.35 bits per heavy atom. The summed E-state index contributed by atoms with van der Waals surface area (Å²) < 4.78 is 11.9. The lowest BCUT2D eigenvalue weighted by molar-refractivity contribution is -0.132. The minimum Gasteiger partial charge on any atom is -0.493 e. The van der Waals surface area contributed by atoms with E-state index in [1.54, 1.807) is 30.1 Å². The third kappa shape index (κ3) is 12.3. The molecule has 13 heteroatoms. The zero-order valence-corrected chi connectivity index (χ0v) is 30.5. The van der Waals surface area contributed by atoms with Gasteiger partial charge in [0.05, 0.1) is 35.9 Å². The molecule has 1 aliphatic rings. The normalized spacial score (nSPS) is 12.8. The van der Waals surface area contributed by atoms with E-state index in [2.05, 4.69) is 17.3 Å². The molecular weight excluding hydrogens is 673 g/mol. The molecule has 0 saturated carbocycles. The summed E-state index contributed by atoms with van der Waals surface area (Å²) in [6.45, 7) is 6.95. The maximum Gasteiger partial charge on any atom is 0.260 e. The zero-order valence-electron chi connectivity index (χ0n) is 28.1. The summed E-state index contributed by atoms with van der Waals surface area (Å²) in [4.78, 5) is 45.5. The largest absolute Gasteiger partial charge is 0.493 e. The Morgan fingerprint density at radius 2 is 1.60 bits per heavy atom. The molecule has 0 radical (unpaired) electrons. The van der Waals surface area contributed by atoms with Crippen molar-refractivity contribution in [1.82, 2.24) is 9.80 Å². The van der Waals surface area contributed by atoms with Gasteiger partial charge < -0.3 is 35.2 Å². The molecule has 264 valence electrons. The van der Waals surface area contributed by atoms with Crippen LogP contribution >= 0.6 is 36.2 Å². The van der Waals surface area contributed by atoms with Gasteiger partial charge in [-0.05, 0) is 88.2 Å². The fourth-order valence-corrected chi connectivity index (χ4v) is 6.03. The number of unbranched alkanes of at least 4 members (excludes halogenated alkanes) is 2. The monoisotopic (exact) mass is 721 g/mol. The van der Waals surface area contributed by atoms with Gasteiger partial charge in [-0.2, -0.15) is 0 Å². The Balaban J connectivity index is 0.00000400. The van der Waals surface area contributed by atoms with Crippen LogP contribution in [-0.2, 0) is 16.0 Å². The van der Waals surface area contributed by atoms with E-state index in [0.717, 1.165) is 55.9 Å². The number of hydrogen-bond acceptors (Lipinski definition) is 8. The number of ether oxygens (including phenoxy) is 2. The smallest absolute Gasteiger partial charge is 0.260 e. The highest BCUT2D eigenvalue weighted by molar-refractivity contribution is 7.16. The number of nitrogens with zero attached hydrogens (tertiary/aromatic N) is 3. The Labute approximate surface area is 300 Å². The highest BCUT2D eigenvalue weighted by Crippen LogP contribution is 2.31. The molecule has 1 fully saturated rings. The average molecular weight is 723 g/mol. The Bertz CT molecular complexity index is 1460. The van der Waals surface area contributed by atoms with Crippen LogP contribution < -0.4 is 25.4 Å². The molecule has 3 aromatic rings. The predicted octanol–water partition coefficient (Wildman–Crippen LogP) is 5.80. The number of likely N-dealkylation sites (N-methyl/N-ethyl adjacent to an activating group) is 2. The molecule has 1 aliphatic heterocycles. The number of piperazine rings is 1. The van der Waals surface area contributed by atoms with Crippen LogP contribution in [0.15, 0.2) is 54.6 Å². The number of carbonyl (C=O) groups is 3. The summed E-state index contributed by atoms with van der Waals surface area (Å²) in [5, 5.41) is 3.58. The van der Waals surface area contributed by atoms with Crippen molar-refractivity contribution in [2.24, 2.45) is 5.73 Å². The van der Waals surface area contributed by atoms with Crippen molar-refractivity contribution in [2.45, 2.75) is 45.4 Å². The number of halogens is 2. The molecule has 0 atom stereocenters. The fraction of sp³-hybridized carbons (Fsp3) is 0.457. The number of thiophene rings is 1. The number of anilines is 2. The fourth-order valence-electron chi connectivity index (χ4n) is 5.13. The number of hydrogen-bond donors (Lipinski definition) is 2. The van der Waals surface area contributed by atoms with E-state index in [1.807, 2.05) is 48.2 Å². The number of para-hydroxylation sites is 1. The molecule has 0 bridgehead atoms. The molecule has 1 aromatic heterocycles. The molecule has 0 aliphatic carbocycles. The molecule has 2 aromatic carbocycles. The van der Waals surface area contributed by atoms with Crippen LogP contribution in [0, 0.1) is 6.92 Å². The van der Waals surface area contributed by atoms with Crippen LogP contribution in [0.25, 0.3) is 0 Å². The topological polar surface area (TPSA) is 117 Å². The van der Waals surface area contributed by atoms with Crippen molar-refractivity contribution in [3.05, 3.63) is 70.6 Å². The van der Waals surface area contributed by atoms with Crippen molar-refractivity contribution in [3.8, 4) is 11.5 Å². The molecule has 1 saturated heterocycles. The van der Waals surface area contributed by atoms with Gasteiger partial charge >= 0.3 is 0 Å². The maximum atomic E-state index is 13.3. The second kappa shape index (κ2) is 20.9. The Morgan fingerprint density at radius 1 is 0.896 bits per heavy atom. The molecule has 48 heavy (non-hydrogen) atoms. The van der Waals surface area contributed by atoms with Gasteiger partial charge in [-0.3, -0.25) is 14.4 Å². The van der Waals surface area contributed by atoms with Gasteiger partial charge in [-0.1, -0.05) is 18.2 Å². The number of carbonyl (C=O) groups excluding carboxylic acids is 3. The van der Waals surface area contributed by atoms with Gasteiger partial charge in [0.2, 0.25) is 11.8 Å². The summed E-state index contributed by atoms with van der Waals surface area (Å²) in [5.41, 5.74) is 7.75. The molecule has 4 rings (SSSR count). The van der Waals surface area contributed by atoms with Crippen LogP contribution in [0.5, 0.6) is 11.5 Å². The van der Waals surface area contributed by atoms with Crippen LogP contribution in [0.3, 0.4) is 0 Å². The van der Waals surface area contributed by atoms with E-state index >= 15 is 0 Å². The van der Waals surface area contributed by atoms with Gasteiger partial charge in [0.1, 0.15) is 11.5 Å². The molecule has 0 unspecified atom stereocenters. The number of nitrogens with one attached hydrogen (secondary N) is 1. The van der Waals surface area contributed by atoms with E-state index in [0.29, 0.717) is 60.4 Å². The van der Waals surface area contributed by atoms with Gasteiger partial charge in [0.25, 0.3) is 5.91 Å². The number of rotatable bonds is 16. The van der Waals surface area contributed by atoms with Crippen LogP contribution in [0.4, 0.5) is 10.7 Å². The summed E-state index contributed by atoms with van der Waals surface area (Å²) >= 11 is 1.37. The Kier molecular flexibility index (Phi) is 17.8. The highest BCUT2D eigenvalue weighted by atomic mass is 35.5. The first-order valence-corrected chi connectivity index (χ1v) is 16.8. The molecule has 0 spiro atoms. The van der Waals surface area contributed by atoms with E-state index in [4.69, 9.17) is 15.2 Å². The van der Waals surface area contributed by atoms with Gasteiger partial charge in [0, 0.05) is 44.5 Å². The van der Waals surface area contributed by atoms with Gasteiger partial charge in [-0.25, -0.2) is 0 Å². The van der Waals surface area contributed by atoms with Crippen molar-refractivity contribution in [2.75, 3.05) is 70.2 Å². The predicted molar refractivity (Wildman–Crippen MR) is 199 cm³/mol. The van der Waals surface area contributed by atoms with Crippen LogP contribution in [-0.4, -0.2) is 87.6 Å².